The second-order valence-electron chi connectivity index (χ2n) is 5.25. The molecule has 5 nitrogen and oxygen atoms in total. The van der Waals surface area contributed by atoms with Crippen molar-refractivity contribution in [2.45, 2.75) is 26.3 Å². The highest BCUT2D eigenvalue weighted by atomic mass is 32.2. The summed E-state index contributed by atoms with van der Waals surface area (Å²) in [6.45, 7) is 4.60. The topological polar surface area (TPSA) is 69.6 Å². The van der Waals surface area contributed by atoms with Gasteiger partial charge in [-0.3, -0.25) is 4.79 Å². The molecule has 0 saturated carbocycles. The molecule has 2 N–H and O–H groups in total. The maximum atomic E-state index is 12.4. The standard InChI is InChI=1S/C15H20N2O3S/c1-10-3-4-12(7-11(10)2)16-15(20)17-5-6-21-9-13(17)8-14(18)19/h3-4,7,13H,5-6,8-9H2,1-2H3,(H,16,20)(H,18,19). The fourth-order valence-corrected chi connectivity index (χ4v) is 3.37. The molecule has 0 bridgehead atoms. The van der Waals surface area contributed by atoms with E-state index in [1.54, 1.807) is 16.7 Å². The number of carboxylic acid groups (broad SMARTS) is 1. The van der Waals surface area contributed by atoms with E-state index in [9.17, 15) is 9.59 Å². The Kier molecular flexibility index (Phi) is 5.12. The first kappa shape index (κ1) is 15.7. The predicted octanol–water partition coefficient (Wildman–Crippen LogP) is 2.73. The van der Waals surface area contributed by atoms with Crippen LogP contribution in [0.25, 0.3) is 0 Å². The van der Waals surface area contributed by atoms with Crippen LogP contribution in [0.15, 0.2) is 18.2 Å². The van der Waals surface area contributed by atoms with Crippen LogP contribution in [0.2, 0.25) is 0 Å². The van der Waals surface area contributed by atoms with Crippen LogP contribution in [0.4, 0.5) is 10.5 Å². The molecule has 114 valence electrons. The van der Waals surface area contributed by atoms with Gasteiger partial charge in [0.1, 0.15) is 0 Å². The van der Waals surface area contributed by atoms with Gasteiger partial charge in [-0.2, -0.15) is 11.8 Å². The number of nitrogens with one attached hydrogen (secondary N) is 1. The summed E-state index contributed by atoms with van der Waals surface area (Å²) in [5, 5.41) is 11.8. The van der Waals surface area contributed by atoms with Crippen LogP contribution in [0.3, 0.4) is 0 Å². The molecule has 2 rings (SSSR count). The summed E-state index contributed by atoms with van der Waals surface area (Å²) < 4.78 is 0. The van der Waals surface area contributed by atoms with Gasteiger partial charge in [0.15, 0.2) is 0 Å². The van der Waals surface area contributed by atoms with Gasteiger partial charge < -0.3 is 15.3 Å². The molecule has 1 aliphatic rings. The van der Waals surface area contributed by atoms with Gasteiger partial charge >= 0.3 is 12.0 Å². The van der Waals surface area contributed by atoms with Crippen LogP contribution in [0.1, 0.15) is 17.5 Å². The van der Waals surface area contributed by atoms with Crippen molar-refractivity contribution in [3.63, 3.8) is 0 Å². The Hall–Kier alpha value is -1.69. The van der Waals surface area contributed by atoms with Gasteiger partial charge in [0.25, 0.3) is 0 Å². The molecule has 21 heavy (non-hydrogen) atoms. The van der Waals surface area contributed by atoms with Crippen molar-refractivity contribution in [1.29, 1.82) is 0 Å². The van der Waals surface area contributed by atoms with Crippen LogP contribution in [0.5, 0.6) is 0 Å². The third-order valence-corrected chi connectivity index (χ3v) is 4.75. The molecule has 0 radical (unpaired) electrons. The lowest BCUT2D eigenvalue weighted by Gasteiger charge is -2.34. The van der Waals surface area contributed by atoms with E-state index in [4.69, 9.17) is 5.11 Å². The molecule has 1 aromatic carbocycles. The predicted molar refractivity (Wildman–Crippen MR) is 85.0 cm³/mol. The quantitative estimate of drug-likeness (QED) is 0.901. The molecule has 1 heterocycles. The van der Waals surface area contributed by atoms with Gasteiger partial charge in [-0.05, 0) is 37.1 Å². The molecule has 1 unspecified atom stereocenters. The lowest BCUT2D eigenvalue weighted by molar-refractivity contribution is -0.137. The van der Waals surface area contributed by atoms with E-state index < -0.39 is 5.97 Å². The van der Waals surface area contributed by atoms with Crippen molar-refractivity contribution in [3.05, 3.63) is 29.3 Å². The normalized spacial score (nSPS) is 18.4. The Morgan fingerprint density at radius 1 is 1.38 bits per heavy atom. The van der Waals surface area contributed by atoms with Crippen molar-refractivity contribution >= 4 is 29.4 Å². The second-order valence-corrected chi connectivity index (χ2v) is 6.40. The molecule has 1 aromatic rings. The summed E-state index contributed by atoms with van der Waals surface area (Å²) in [6.07, 6.45) is -0.00660. The highest BCUT2D eigenvalue weighted by Gasteiger charge is 2.28. The number of urea groups is 1. The molecule has 2 amide bonds. The summed E-state index contributed by atoms with van der Waals surface area (Å²) in [5.74, 6) is 0.648. The molecule has 0 spiro atoms. The zero-order valence-electron chi connectivity index (χ0n) is 12.3. The smallest absolute Gasteiger partial charge is 0.322 e. The number of aliphatic carboxylic acids is 1. The van der Waals surface area contributed by atoms with E-state index in [0.29, 0.717) is 12.3 Å². The Labute approximate surface area is 128 Å². The van der Waals surface area contributed by atoms with Crippen molar-refractivity contribution in [1.82, 2.24) is 4.90 Å². The van der Waals surface area contributed by atoms with Crippen LogP contribution in [-0.4, -0.2) is 46.1 Å². The molecular formula is C15H20N2O3S. The van der Waals surface area contributed by atoms with Gasteiger partial charge in [-0.1, -0.05) is 6.07 Å². The Morgan fingerprint density at radius 2 is 2.14 bits per heavy atom. The maximum absolute atomic E-state index is 12.4. The molecule has 1 saturated heterocycles. The Balaban J connectivity index is 2.06. The molecule has 0 aliphatic carbocycles. The van der Waals surface area contributed by atoms with Gasteiger partial charge in [0.05, 0.1) is 12.5 Å². The average molecular weight is 308 g/mol. The number of rotatable bonds is 3. The van der Waals surface area contributed by atoms with E-state index in [2.05, 4.69) is 5.32 Å². The zero-order valence-corrected chi connectivity index (χ0v) is 13.1. The largest absolute Gasteiger partial charge is 0.481 e. The highest BCUT2D eigenvalue weighted by molar-refractivity contribution is 7.99. The first-order chi connectivity index (χ1) is 9.97. The summed E-state index contributed by atoms with van der Waals surface area (Å²) in [6, 6.07) is 5.30. The van der Waals surface area contributed by atoms with Crippen molar-refractivity contribution < 1.29 is 14.7 Å². The van der Waals surface area contributed by atoms with Crippen molar-refractivity contribution in [2.24, 2.45) is 0 Å². The van der Waals surface area contributed by atoms with E-state index in [-0.39, 0.29) is 18.5 Å². The zero-order chi connectivity index (χ0) is 15.4. The maximum Gasteiger partial charge on any atom is 0.322 e. The monoisotopic (exact) mass is 308 g/mol. The minimum atomic E-state index is -0.869. The van der Waals surface area contributed by atoms with Gasteiger partial charge in [-0.15, -0.1) is 0 Å². The van der Waals surface area contributed by atoms with Gasteiger partial charge in [0.2, 0.25) is 0 Å². The van der Waals surface area contributed by atoms with Gasteiger partial charge in [-0.25, -0.2) is 4.79 Å². The lowest BCUT2D eigenvalue weighted by Crippen LogP contribution is -2.48. The number of benzene rings is 1. The highest BCUT2D eigenvalue weighted by Crippen LogP contribution is 2.21. The summed E-state index contributed by atoms with van der Waals surface area (Å²) in [7, 11) is 0. The number of aryl methyl sites for hydroxylation is 2. The molecule has 0 aromatic heterocycles. The number of anilines is 1. The number of carboxylic acids is 1. The fraction of sp³-hybridized carbons (Fsp3) is 0.467. The lowest BCUT2D eigenvalue weighted by atomic mass is 10.1. The van der Waals surface area contributed by atoms with E-state index in [1.807, 2.05) is 32.0 Å². The number of hydrogen-bond donors (Lipinski definition) is 2. The average Bonchev–Trinajstić information content (AvgIpc) is 2.43. The van der Waals surface area contributed by atoms with Crippen LogP contribution < -0.4 is 5.32 Å². The number of carbonyl (C=O) groups excluding carboxylic acids is 1. The molecule has 1 atom stereocenters. The van der Waals surface area contributed by atoms with Crippen LogP contribution >= 0.6 is 11.8 Å². The van der Waals surface area contributed by atoms with Crippen LogP contribution in [0, 0.1) is 13.8 Å². The summed E-state index contributed by atoms with van der Waals surface area (Å²) in [5.41, 5.74) is 3.03. The first-order valence-electron chi connectivity index (χ1n) is 6.92. The Morgan fingerprint density at radius 3 is 2.81 bits per heavy atom. The Bertz CT molecular complexity index is 548. The molecule has 6 heteroatoms. The number of nitrogens with zero attached hydrogens (tertiary/aromatic N) is 1. The third-order valence-electron chi connectivity index (χ3n) is 3.66. The van der Waals surface area contributed by atoms with E-state index in [0.717, 1.165) is 17.0 Å². The van der Waals surface area contributed by atoms with Crippen molar-refractivity contribution in [2.75, 3.05) is 23.4 Å². The minimum Gasteiger partial charge on any atom is -0.481 e. The molecule has 1 aliphatic heterocycles. The van der Waals surface area contributed by atoms with Crippen LogP contribution in [-0.2, 0) is 4.79 Å². The van der Waals surface area contributed by atoms with E-state index >= 15 is 0 Å². The van der Waals surface area contributed by atoms with E-state index in [1.165, 1.54) is 5.56 Å². The molecular weight excluding hydrogens is 288 g/mol. The second kappa shape index (κ2) is 6.85. The number of hydrogen-bond acceptors (Lipinski definition) is 3. The minimum absolute atomic E-state index is 0.00660. The third kappa shape index (κ3) is 4.14. The fourth-order valence-electron chi connectivity index (χ4n) is 2.31. The van der Waals surface area contributed by atoms with Gasteiger partial charge in [0, 0.05) is 23.7 Å². The first-order valence-corrected chi connectivity index (χ1v) is 8.07. The molecule has 1 fully saturated rings. The van der Waals surface area contributed by atoms with Crippen molar-refractivity contribution in [3.8, 4) is 0 Å². The SMILES string of the molecule is Cc1ccc(NC(=O)N2CCSCC2CC(=O)O)cc1C. The number of amides is 2. The summed E-state index contributed by atoms with van der Waals surface area (Å²) in [4.78, 5) is 24.9. The number of carbonyl (C=O) groups is 2. The number of thioether (sulfide) groups is 1. The summed E-state index contributed by atoms with van der Waals surface area (Å²) >= 11 is 1.69.